The molecular weight excluding hydrogens is 394 g/mol. The van der Waals surface area contributed by atoms with Gasteiger partial charge in [-0.25, -0.2) is 4.79 Å². The summed E-state index contributed by atoms with van der Waals surface area (Å²) in [7, 11) is 0. The number of carbonyl (C=O) groups is 2. The smallest absolute Gasteiger partial charge is 0.338 e. The van der Waals surface area contributed by atoms with E-state index in [1.165, 1.54) is 5.56 Å². The van der Waals surface area contributed by atoms with E-state index in [2.05, 4.69) is 19.0 Å². The number of benzene rings is 2. The molecule has 1 aromatic heterocycles. The minimum atomic E-state index is -0.577. The molecule has 6 nitrogen and oxygen atoms in total. The Morgan fingerprint density at radius 2 is 1.81 bits per heavy atom. The molecule has 1 atom stereocenters. The van der Waals surface area contributed by atoms with Crippen molar-refractivity contribution in [3.63, 3.8) is 0 Å². The van der Waals surface area contributed by atoms with Gasteiger partial charge in [0.2, 0.25) is 0 Å². The second-order valence-electron chi connectivity index (χ2n) is 7.55. The second-order valence-corrected chi connectivity index (χ2v) is 7.55. The fraction of sp³-hybridized carbons (Fsp3) is 0.320. The molecule has 0 aliphatic rings. The van der Waals surface area contributed by atoms with Crippen molar-refractivity contribution < 1.29 is 23.6 Å². The molecule has 0 N–H and O–H groups in total. The zero-order valence-electron chi connectivity index (χ0n) is 18.3. The van der Waals surface area contributed by atoms with Gasteiger partial charge in [0.25, 0.3) is 0 Å². The molecule has 0 saturated carbocycles. The highest BCUT2D eigenvalue weighted by molar-refractivity contribution is 5.99. The average Bonchev–Trinajstić information content (AvgIpc) is 3.12. The van der Waals surface area contributed by atoms with Crippen molar-refractivity contribution in [3.8, 4) is 5.75 Å². The second kappa shape index (κ2) is 10.1. The first-order valence-electron chi connectivity index (χ1n) is 10.3. The fourth-order valence-corrected chi connectivity index (χ4v) is 3.11. The van der Waals surface area contributed by atoms with Crippen molar-refractivity contribution in [1.29, 1.82) is 0 Å². The molecule has 31 heavy (non-hydrogen) atoms. The molecule has 0 aliphatic carbocycles. The van der Waals surface area contributed by atoms with E-state index in [1.807, 2.05) is 26.0 Å². The van der Waals surface area contributed by atoms with Gasteiger partial charge in [-0.05, 0) is 49.9 Å². The Morgan fingerprint density at radius 3 is 2.45 bits per heavy atom. The first-order valence-corrected chi connectivity index (χ1v) is 10.3. The van der Waals surface area contributed by atoms with Crippen molar-refractivity contribution in [2.45, 2.75) is 46.6 Å². The molecule has 3 aromatic rings. The van der Waals surface area contributed by atoms with Crippen LogP contribution in [0.5, 0.6) is 5.75 Å². The van der Waals surface area contributed by atoms with Crippen molar-refractivity contribution in [3.05, 3.63) is 82.2 Å². The van der Waals surface area contributed by atoms with Crippen LogP contribution in [0.25, 0.3) is 0 Å². The highest BCUT2D eigenvalue weighted by Gasteiger charge is 2.14. The Kier molecular flexibility index (Phi) is 7.23. The van der Waals surface area contributed by atoms with E-state index in [9.17, 15) is 9.59 Å². The molecule has 0 saturated heterocycles. The topological polar surface area (TPSA) is 78.6 Å². The highest BCUT2D eigenvalue weighted by atomic mass is 16.5. The van der Waals surface area contributed by atoms with Crippen LogP contribution in [-0.4, -0.2) is 23.5 Å². The summed E-state index contributed by atoms with van der Waals surface area (Å²) in [6, 6.07) is 14.1. The Labute approximate surface area is 182 Å². The lowest BCUT2D eigenvalue weighted by Gasteiger charge is -2.10. The van der Waals surface area contributed by atoms with Crippen LogP contribution < -0.4 is 4.74 Å². The summed E-state index contributed by atoms with van der Waals surface area (Å²) >= 11 is 0. The van der Waals surface area contributed by atoms with Gasteiger partial charge >= 0.3 is 5.97 Å². The van der Waals surface area contributed by atoms with Crippen molar-refractivity contribution >= 4 is 11.8 Å². The number of aromatic nitrogens is 1. The van der Waals surface area contributed by atoms with Gasteiger partial charge in [-0.15, -0.1) is 0 Å². The van der Waals surface area contributed by atoms with Crippen LogP contribution in [0.4, 0.5) is 0 Å². The Morgan fingerprint density at radius 1 is 1.06 bits per heavy atom. The van der Waals surface area contributed by atoms with E-state index in [-0.39, 0.29) is 19.0 Å². The van der Waals surface area contributed by atoms with Crippen molar-refractivity contribution in [2.75, 3.05) is 6.61 Å². The average molecular weight is 421 g/mol. The summed E-state index contributed by atoms with van der Waals surface area (Å²) in [6.07, 6.45) is 1.03. The highest BCUT2D eigenvalue weighted by Crippen LogP contribution is 2.20. The molecule has 0 amide bonds. The van der Waals surface area contributed by atoms with Crippen molar-refractivity contribution in [1.82, 2.24) is 5.16 Å². The lowest BCUT2D eigenvalue weighted by molar-refractivity contribution is 0.0474. The number of Topliss-reactive ketones (excluding diaryl/α,β-unsaturated/α-hetero) is 1. The lowest BCUT2D eigenvalue weighted by atomic mass is 9.97. The summed E-state index contributed by atoms with van der Waals surface area (Å²) in [4.78, 5) is 24.8. The zero-order valence-corrected chi connectivity index (χ0v) is 18.3. The first-order chi connectivity index (χ1) is 14.9. The van der Waals surface area contributed by atoms with Gasteiger partial charge in [-0.3, -0.25) is 4.79 Å². The number of rotatable bonds is 9. The molecule has 0 unspecified atom stereocenters. The maximum atomic E-state index is 12.4. The third-order valence-electron chi connectivity index (χ3n) is 5.38. The summed E-state index contributed by atoms with van der Waals surface area (Å²) in [6.45, 7) is 7.90. The number of aryl methyl sites for hydroxylation is 2. The molecule has 0 aliphatic heterocycles. The number of esters is 1. The molecular formula is C25H27NO5. The molecule has 0 spiro atoms. The number of hydrogen-bond donors (Lipinski definition) is 0. The van der Waals surface area contributed by atoms with Gasteiger partial charge in [0, 0.05) is 5.56 Å². The molecule has 0 radical (unpaired) electrons. The standard InChI is InChI=1S/C25H27NO5/c1-5-16(2)19-9-11-20(12-10-19)24(27)15-30-25(28)21-7-6-8-22(13-21)29-14-23-17(3)26-31-18(23)4/h6-13,16H,5,14-15H2,1-4H3/t16-/m1/s1. The Bertz CT molecular complexity index is 1030. The van der Waals surface area contributed by atoms with E-state index < -0.39 is 5.97 Å². The van der Waals surface area contributed by atoms with Crippen LogP contribution in [-0.2, 0) is 11.3 Å². The van der Waals surface area contributed by atoms with E-state index >= 15 is 0 Å². The summed E-state index contributed by atoms with van der Waals surface area (Å²) < 4.78 is 16.1. The molecule has 1 heterocycles. The maximum Gasteiger partial charge on any atom is 0.338 e. The molecule has 0 fully saturated rings. The Balaban J connectivity index is 1.56. The SMILES string of the molecule is CC[C@@H](C)c1ccc(C(=O)COC(=O)c2cccc(OCc3c(C)noc3C)c2)cc1. The number of ketones is 1. The quantitative estimate of drug-likeness (QED) is 0.339. The van der Waals surface area contributed by atoms with E-state index in [0.29, 0.717) is 28.6 Å². The van der Waals surface area contributed by atoms with Gasteiger partial charge in [0.15, 0.2) is 12.4 Å². The number of nitrogens with zero attached hydrogens (tertiary/aromatic N) is 1. The maximum absolute atomic E-state index is 12.4. The van der Waals surface area contributed by atoms with Crippen molar-refractivity contribution in [2.24, 2.45) is 0 Å². The minimum Gasteiger partial charge on any atom is -0.489 e. The summed E-state index contributed by atoms with van der Waals surface area (Å²) in [5, 5.41) is 3.90. The zero-order chi connectivity index (χ0) is 22.4. The largest absolute Gasteiger partial charge is 0.489 e. The van der Waals surface area contributed by atoms with E-state index in [4.69, 9.17) is 14.0 Å². The third-order valence-corrected chi connectivity index (χ3v) is 5.38. The van der Waals surface area contributed by atoms with Crippen LogP contribution >= 0.6 is 0 Å². The van der Waals surface area contributed by atoms with Crippen LogP contribution in [0.2, 0.25) is 0 Å². The van der Waals surface area contributed by atoms with Gasteiger partial charge in [-0.1, -0.05) is 49.3 Å². The Hall–Kier alpha value is -3.41. The normalized spacial score (nSPS) is 11.7. The van der Waals surface area contributed by atoms with Gasteiger partial charge < -0.3 is 14.0 Å². The minimum absolute atomic E-state index is 0.241. The van der Waals surface area contributed by atoms with E-state index in [0.717, 1.165) is 17.7 Å². The number of hydrogen-bond acceptors (Lipinski definition) is 6. The van der Waals surface area contributed by atoms with Gasteiger partial charge in [0.05, 0.1) is 16.8 Å². The van der Waals surface area contributed by atoms with Crippen LogP contribution in [0, 0.1) is 13.8 Å². The van der Waals surface area contributed by atoms with Crippen LogP contribution in [0.3, 0.4) is 0 Å². The molecule has 0 bridgehead atoms. The van der Waals surface area contributed by atoms with Crippen LogP contribution in [0.15, 0.2) is 53.1 Å². The fourth-order valence-electron chi connectivity index (χ4n) is 3.11. The third kappa shape index (κ3) is 5.60. The summed E-state index contributed by atoms with van der Waals surface area (Å²) in [5.74, 6) is 0.835. The lowest BCUT2D eigenvalue weighted by Crippen LogP contribution is -2.14. The monoisotopic (exact) mass is 421 g/mol. The number of ether oxygens (including phenoxy) is 2. The number of carbonyl (C=O) groups excluding carboxylic acids is 2. The van der Waals surface area contributed by atoms with Gasteiger partial charge in [-0.2, -0.15) is 0 Å². The van der Waals surface area contributed by atoms with E-state index in [1.54, 1.807) is 36.4 Å². The van der Waals surface area contributed by atoms with Gasteiger partial charge in [0.1, 0.15) is 18.1 Å². The molecule has 6 heteroatoms. The predicted molar refractivity (Wildman–Crippen MR) is 117 cm³/mol. The molecule has 3 rings (SSSR count). The van der Waals surface area contributed by atoms with Crippen LogP contribution in [0.1, 0.15) is 69.5 Å². The molecule has 162 valence electrons. The molecule has 2 aromatic carbocycles. The first kappa shape index (κ1) is 22.3. The predicted octanol–water partition coefficient (Wildman–Crippen LogP) is 5.42. The summed E-state index contributed by atoms with van der Waals surface area (Å²) in [5.41, 5.74) is 3.67.